The quantitative estimate of drug-likeness (QED) is 0.874. The van der Waals surface area contributed by atoms with E-state index >= 15 is 0 Å². The molecule has 0 radical (unpaired) electrons. The molecule has 0 spiro atoms. The maximum absolute atomic E-state index is 6.24. The van der Waals surface area contributed by atoms with Gasteiger partial charge < -0.3 is 5.73 Å². The normalized spacial score (nSPS) is 12.6. The van der Waals surface area contributed by atoms with Crippen LogP contribution in [0.2, 0.25) is 0 Å². The molecule has 1 unspecified atom stereocenters. The zero-order chi connectivity index (χ0) is 12.3. The summed E-state index contributed by atoms with van der Waals surface area (Å²) in [4.78, 5) is 4.46. The van der Waals surface area contributed by atoms with Crippen molar-refractivity contribution in [1.82, 2.24) is 14.8 Å². The zero-order valence-electron chi connectivity index (χ0n) is 10.3. The fourth-order valence-electron chi connectivity index (χ4n) is 1.89. The van der Waals surface area contributed by atoms with Crippen LogP contribution in [0.4, 0.5) is 0 Å². The van der Waals surface area contributed by atoms with Gasteiger partial charge in [-0.15, -0.1) is 0 Å². The number of aryl methyl sites for hydroxylation is 2. The molecular formula is C13H18N4. The number of aromatic nitrogens is 3. The SMILES string of the molecule is CCCn1nccc1C(N)c1cccc(C)n1. The molecule has 0 aliphatic heterocycles. The van der Waals surface area contributed by atoms with Gasteiger partial charge in [-0.05, 0) is 31.5 Å². The van der Waals surface area contributed by atoms with E-state index in [9.17, 15) is 0 Å². The van der Waals surface area contributed by atoms with Gasteiger partial charge in [-0.1, -0.05) is 13.0 Å². The van der Waals surface area contributed by atoms with Gasteiger partial charge in [0.1, 0.15) is 0 Å². The highest BCUT2D eigenvalue weighted by Crippen LogP contribution is 2.17. The number of hydrogen-bond acceptors (Lipinski definition) is 3. The van der Waals surface area contributed by atoms with Gasteiger partial charge in [0.15, 0.2) is 0 Å². The molecule has 17 heavy (non-hydrogen) atoms. The van der Waals surface area contributed by atoms with Crippen LogP contribution in [0.15, 0.2) is 30.5 Å². The molecule has 4 heteroatoms. The van der Waals surface area contributed by atoms with Crippen LogP contribution < -0.4 is 5.73 Å². The molecule has 2 aromatic rings. The molecule has 4 nitrogen and oxygen atoms in total. The van der Waals surface area contributed by atoms with Crippen molar-refractivity contribution >= 4 is 0 Å². The van der Waals surface area contributed by atoms with Crippen LogP contribution in [0.3, 0.4) is 0 Å². The minimum atomic E-state index is -0.205. The van der Waals surface area contributed by atoms with Crippen LogP contribution in [-0.4, -0.2) is 14.8 Å². The van der Waals surface area contributed by atoms with Gasteiger partial charge in [-0.3, -0.25) is 9.67 Å². The lowest BCUT2D eigenvalue weighted by atomic mass is 10.1. The molecule has 90 valence electrons. The van der Waals surface area contributed by atoms with Crippen molar-refractivity contribution in [1.29, 1.82) is 0 Å². The Morgan fingerprint density at radius 2 is 2.18 bits per heavy atom. The van der Waals surface area contributed by atoms with E-state index in [-0.39, 0.29) is 6.04 Å². The van der Waals surface area contributed by atoms with Crippen LogP contribution in [-0.2, 0) is 6.54 Å². The Hall–Kier alpha value is -1.68. The second kappa shape index (κ2) is 5.10. The summed E-state index contributed by atoms with van der Waals surface area (Å²) in [5.74, 6) is 0. The van der Waals surface area contributed by atoms with Gasteiger partial charge in [0.2, 0.25) is 0 Å². The molecule has 2 aromatic heterocycles. The third-order valence-electron chi connectivity index (χ3n) is 2.73. The van der Waals surface area contributed by atoms with Crippen molar-refractivity contribution in [3.05, 3.63) is 47.5 Å². The smallest absolute Gasteiger partial charge is 0.0897 e. The monoisotopic (exact) mass is 230 g/mol. The summed E-state index contributed by atoms with van der Waals surface area (Å²) in [6.45, 7) is 4.99. The van der Waals surface area contributed by atoms with Crippen molar-refractivity contribution in [3.63, 3.8) is 0 Å². The fourth-order valence-corrected chi connectivity index (χ4v) is 1.89. The van der Waals surface area contributed by atoms with Gasteiger partial charge in [0.25, 0.3) is 0 Å². The van der Waals surface area contributed by atoms with E-state index in [4.69, 9.17) is 5.73 Å². The molecule has 0 amide bonds. The summed E-state index contributed by atoms with van der Waals surface area (Å²) in [6.07, 6.45) is 2.84. The van der Waals surface area contributed by atoms with E-state index in [1.54, 1.807) is 6.20 Å². The van der Waals surface area contributed by atoms with Crippen molar-refractivity contribution in [2.75, 3.05) is 0 Å². The topological polar surface area (TPSA) is 56.7 Å². The van der Waals surface area contributed by atoms with Crippen LogP contribution in [0.1, 0.15) is 36.5 Å². The van der Waals surface area contributed by atoms with Crippen LogP contribution >= 0.6 is 0 Å². The number of rotatable bonds is 4. The van der Waals surface area contributed by atoms with Crippen molar-refractivity contribution < 1.29 is 0 Å². The van der Waals surface area contributed by atoms with E-state index in [1.165, 1.54) is 0 Å². The lowest BCUT2D eigenvalue weighted by Crippen LogP contribution is -2.18. The average Bonchev–Trinajstić information content (AvgIpc) is 2.77. The van der Waals surface area contributed by atoms with Crippen LogP contribution in [0.25, 0.3) is 0 Å². The zero-order valence-corrected chi connectivity index (χ0v) is 10.3. The molecule has 0 bridgehead atoms. The number of nitrogens with zero attached hydrogens (tertiary/aromatic N) is 3. The summed E-state index contributed by atoms with van der Waals surface area (Å²) in [5, 5.41) is 4.28. The Balaban J connectivity index is 2.30. The maximum atomic E-state index is 6.24. The first-order valence-corrected chi connectivity index (χ1v) is 5.93. The largest absolute Gasteiger partial charge is 0.318 e. The highest BCUT2D eigenvalue weighted by atomic mass is 15.3. The summed E-state index contributed by atoms with van der Waals surface area (Å²) in [6, 6.07) is 7.67. The molecule has 0 saturated carbocycles. The first-order valence-electron chi connectivity index (χ1n) is 5.93. The molecular weight excluding hydrogens is 212 g/mol. The first-order chi connectivity index (χ1) is 8.22. The predicted octanol–water partition coefficient (Wildman–Crippen LogP) is 2.04. The van der Waals surface area contributed by atoms with E-state index in [0.29, 0.717) is 0 Å². The number of pyridine rings is 1. The lowest BCUT2D eigenvalue weighted by Gasteiger charge is -2.13. The second-order valence-corrected chi connectivity index (χ2v) is 4.16. The van der Waals surface area contributed by atoms with E-state index in [1.807, 2.05) is 35.9 Å². The van der Waals surface area contributed by atoms with Crippen molar-refractivity contribution in [2.24, 2.45) is 5.73 Å². The summed E-state index contributed by atoms with van der Waals surface area (Å²) < 4.78 is 1.95. The Morgan fingerprint density at radius 3 is 2.88 bits per heavy atom. The number of nitrogens with two attached hydrogens (primary N) is 1. The molecule has 0 fully saturated rings. The minimum absolute atomic E-state index is 0.205. The Kier molecular flexibility index (Phi) is 3.54. The molecule has 0 aromatic carbocycles. The van der Waals surface area contributed by atoms with Gasteiger partial charge in [-0.25, -0.2) is 0 Å². The Bertz CT molecular complexity index is 490. The van der Waals surface area contributed by atoms with Gasteiger partial charge in [-0.2, -0.15) is 5.10 Å². The Labute approximate surface area is 101 Å². The molecule has 1 atom stereocenters. The lowest BCUT2D eigenvalue weighted by molar-refractivity contribution is 0.556. The maximum Gasteiger partial charge on any atom is 0.0897 e. The Morgan fingerprint density at radius 1 is 1.35 bits per heavy atom. The second-order valence-electron chi connectivity index (χ2n) is 4.16. The van der Waals surface area contributed by atoms with E-state index < -0.39 is 0 Å². The molecule has 2 heterocycles. The fraction of sp³-hybridized carbons (Fsp3) is 0.385. The van der Waals surface area contributed by atoms with E-state index in [0.717, 1.165) is 30.0 Å². The van der Waals surface area contributed by atoms with Crippen LogP contribution in [0.5, 0.6) is 0 Å². The minimum Gasteiger partial charge on any atom is -0.318 e. The highest BCUT2D eigenvalue weighted by Gasteiger charge is 2.14. The van der Waals surface area contributed by atoms with Gasteiger partial charge in [0, 0.05) is 18.4 Å². The third kappa shape index (κ3) is 2.53. The third-order valence-corrected chi connectivity index (χ3v) is 2.73. The van der Waals surface area contributed by atoms with Gasteiger partial charge in [0.05, 0.1) is 17.4 Å². The van der Waals surface area contributed by atoms with Crippen molar-refractivity contribution in [3.8, 4) is 0 Å². The average molecular weight is 230 g/mol. The van der Waals surface area contributed by atoms with E-state index in [2.05, 4.69) is 17.0 Å². The highest BCUT2D eigenvalue weighted by molar-refractivity contribution is 5.22. The van der Waals surface area contributed by atoms with Gasteiger partial charge >= 0.3 is 0 Å². The summed E-state index contributed by atoms with van der Waals surface area (Å²) >= 11 is 0. The standard InChI is InChI=1S/C13H18N4/c1-3-9-17-12(7-8-15-17)13(14)11-6-4-5-10(2)16-11/h4-8,13H,3,9,14H2,1-2H3. The molecule has 0 aliphatic rings. The molecule has 0 aliphatic carbocycles. The summed E-state index contributed by atoms with van der Waals surface area (Å²) in [5.41, 5.74) is 9.13. The predicted molar refractivity (Wildman–Crippen MR) is 67.5 cm³/mol. The molecule has 2 rings (SSSR count). The summed E-state index contributed by atoms with van der Waals surface area (Å²) in [7, 11) is 0. The van der Waals surface area contributed by atoms with Crippen molar-refractivity contribution in [2.45, 2.75) is 32.9 Å². The number of hydrogen-bond donors (Lipinski definition) is 1. The molecule has 0 saturated heterocycles. The van der Waals surface area contributed by atoms with Crippen LogP contribution in [0, 0.1) is 6.92 Å². The molecule has 2 N–H and O–H groups in total. The first kappa shape index (κ1) is 11.8.